The van der Waals surface area contributed by atoms with E-state index in [1.54, 1.807) is 0 Å². The van der Waals surface area contributed by atoms with Crippen molar-refractivity contribution in [1.82, 2.24) is 10.2 Å². The van der Waals surface area contributed by atoms with Crippen LogP contribution in [0.25, 0.3) is 0 Å². The number of nitrogens with zero attached hydrogens (tertiary/aromatic N) is 1. The van der Waals surface area contributed by atoms with Crippen molar-refractivity contribution in [1.29, 1.82) is 0 Å². The Labute approximate surface area is 140 Å². The van der Waals surface area contributed by atoms with Gasteiger partial charge in [0.2, 0.25) is 0 Å². The van der Waals surface area contributed by atoms with Crippen LogP contribution in [-0.2, 0) is 11.3 Å². The molecule has 0 bridgehead atoms. The Kier molecular flexibility index (Phi) is 7.56. The van der Waals surface area contributed by atoms with E-state index < -0.39 is 0 Å². The molecule has 1 aliphatic heterocycles. The minimum Gasteiger partial charge on any atom is -0.382 e. The zero-order valence-corrected chi connectivity index (χ0v) is 14.5. The highest BCUT2D eigenvalue weighted by Gasteiger charge is 2.16. The number of carbonyl (C=O) groups is 1. The molecular formula is C19H30N2O2. The molecule has 2 rings (SSSR count). The van der Waals surface area contributed by atoms with Crippen LogP contribution in [0.2, 0.25) is 0 Å². The number of ether oxygens (including phenoxy) is 1. The first-order valence-electron chi connectivity index (χ1n) is 8.86. The lowest BCUT2D eigenvalue weighted by Crippen LogP contribution is -2.33. The van der Waals surface area contributed by atoms with Gasteiger partial charge in [0.15, 0.2) is 0 Å². The van der Waals surface area contributed by atoms with Gasteiger partial charge in [0, 0.05) is 38.4 Å². The van der Waals surface area contributed by atoms with Crippen LogP contribution in [0, 0.1) is 5.92 Å². The van der Waals surface area contributed by atoms with Crippen LogP contribution in [0.5, 0.6) is 0 Å². The van der Waals surface area contributed by atoms with Crippen molar-refractivity contribution in [2.75, 3.05) is 32.8 Å². The second kappa shape index (κ2) is 9.68. The standard InChI is InChI=1S/C19H30N2O2/c1-3-23-13-5-11-20-19(22)18-9-7-17(8-10-18)15-21-12-4-6-16(2)14-21/h7-10,16H,3-6,11-15H2,1-2H3,(H,20,22)/t16-/m1/s1. The van der Waals surface area contributed by atoms with Crippen LogP contribution in [-0.4, -0.2) is 43.7 Å². The molecule has 1 amide bonds. The Hall–Kier alpha value is -1.39. The van der Waals surface area contributed by atoms with Crippen molar-refractivity contribution >= 4 is 5.91 Å². The van der Waals surface area contributed by atoms with Crippen LogP contribution in [0.1, 0.15) is 49.0 Å². The van der Waals surface area contributed by atoms with Crippen molar-refractivity contribution in [3.8, 4) is 0 Å². The Morgan fingerprint density at radius 3 is 2.83 bits per heavy atom. The third-order valence-electron chi connectivity index (χ3n) is 4.32. The summed E-state index contributed by atoms with van der Waals surface area (Å²) in [6.07, 6.45) is 3.49. The first kappa shape index (κ1) is 18.0. The summed E-state index contributed by atoms with van der Waals surface area (Å²) in [6, 6.07) is 8.02. The molecule has 1 aliphatic rings. The summed E-state index contributed by atoms with van der Waals surface area (Å²) in [6.45, 7) is 9.74. The number of piperidine rings is 1. The van der Waals surface area contributed by atoms with E-state index in [4.69, 9.17) is 4.74 Å². The van der Waals surface area contributed by atoms with Gasteiger partial charge in [-0.25, -0.2) is 0 Å². The highest BCUT2D eigenvalue weighted by atomic mass is 16.5. The lowest BCUT2D eigenvalue weighted by molar-refractivity contribution is 0.0944. The fourth-order valence-corrected chi connectivity index (χ4v) is 3.07. The lowest BCUT2D eigenvalue weighted by atomic mass is 9.99. The molecule has 23 heavy (non-hydrogen) atoms. The van der Waals surface area contributed by atoms with Crippen LogP contribution in [0.15, 0.2) is 24.3 Å². The number of likely N-dealkylation sites (tertiary alicyclic amines) is 1. The van der Waals surface area contributed by atoms with Gasteiger partial charge in [-0.2, -0.15) is 0 Å². The maximum atomic E-state index is 12.1. The minimum absolute atomic E-state index is 0.000330. The number of hydrogen-bond acceptors (Lipinski definition) is 3. The average molecular weight is 318 g/mol. The first-order chi connectivity index (χ1) is 11.2. The normalized spacial score (nSPS) is 18.8. The zero-order valence-electron chi connectivity index (χ0n) is 14.5. The molecule has 0 unspecified atom stereocenters. The SMILES string of the molecule is CCOCCCNC(=O)c1ccc(CN2CCC[C@@H](C)C2)cc1. The van der Waals surface area contributed by atoms with Crippen LogP contribution < -0.4 is 5.32 Å². The highest BCUT2D eigenvalue weighted by Crippen LogP contribution is 2.18. The number of benzene rings is 1. The number of hydrogen-bond donors (Lipinski definition) is 1. The summed E-state index contributed by atoms with van der Waals surface area (Å²) >= 11 is 0. The maximum Gasteiger partial charge on any atom is 0.251 e. The molecule has 1 saturated heterocycles. The quantitative estimate of drug-likeness (QED) is 0.749. The van der Waals surface area contributed by atoms with Crippen LogP contribution in [0.4, 0.5) is 0 Å². The van der Waals surface area contributed by atoms with Gasteiger partial charge in [0.25, 0.3) is 5.91 Å². The van der Waals surface area contributed by atoms with E-state index in [1.807, 2.05) is 19.1 Å². The Morgan fingerprint density at radius 1 is 1.35 bits per heavy atom. The highest BCUT2D eigenvalue weighted by molar-refractivity contribution is 5.94. The molecule has 1 N–H and O–H groups in total. The van der Waals surface area contributed by atoms with Crippen molar-refractivity contribution in [2.24, 2.45) is 5.92 Å². The first-order valence-corrected chi connectivity index (χ1v) is 8.86. The van der Waals surface area contributed by atoms with Gasteiger partial charge in [0.1, 0.15) is 0 Å². The Morgan fingerprint density at radius 2 is 2.13 bits per heavy atom. The largest absolute Gasteiger partial charge is 0.382 e. The fourth-order valence-electron chi connectivity index (χ4n) is 3.07. The monoisotopic (exact) mass is 318 g/mol. The van der Waals surface area contributed by atoms with Gasteiger partial charge in [-0.1, -0.05) is 19.1 Å². The Bertz CT molecular complexity index is 473. The third kappa shape index (κ3) is 6.32. The molecular weight excluding hydrogens is 288 g/mol. The second-order valence-electron chi connectivity index (χ2n) is 6.49. The molecule has 1 aromatic carbocycles. The van der Waals surface area contributed by atoms with E-state index in [1.165, 1.54) is 31.5 Å². The van der Waals surface area contributed by atoms with E-state index in [0.29, 0.717) is 13.2 Å². The molecule has 0 saturated carbocycles. The zero-order chi connectivity index (χ0) is 16.5. The van der Waals surface area contributed by atoms with E-state index in [-0.39, 0.29) is 5.91 Å². The van der Waals surface area contributed by atoms with Crippen molar-refractivity contribution in [3.05, 3.63) is 35.4 Å². The van der Waals surface area contributed by atoms with E-state index in [0.717, 1.165) is 31.1 Å². The van der Waals surface area contributed by atoms with E-state index in [9.17, 15) is 4.79 Å². The van der Waals surface area contributed by atoms with Gasteiger partial charge in [-0.3, -0.25) is 9.69 Å². The molecule has 0 spiro atoms. The summed E-state index contributed by atoms with van der Waals surface area (Å²) in [5.41, 5.74) is 2.02. The molecule has 1 heterocycles. The van der Waals surface area contributed by atoms with Gasteiger partial charge >= 0.3 is 0 Å². The third-order valence-corrected chi connectivity index (χ3v) is 4.32. The van der Waals surface area contributed by atoms with Gasteiger partial charge in [-0.05, 0) is 56.3 Å². The van der Waals surface area contributed by atoms with Crippen molar-refractivity contribution in [3.63, 3.8) is 0 Å². The van der Waals surface area contributed by atoms with Crippen molar-refractivity contribution < 1.29 is 9.53 Å². The smallest absolute Gasteiger partial charge is 0.251 e. The number of rotatable bonds is 8. The molecule has 128 valence electrons. The molecule has 0 radical (unpaired) electrons. The average Bonchev–Trinajstić information content (AvgIpc) is 2.55. The molecule has 4 heteroatoms. The van der Waals surface area contributed by atoms with Gasteiger partial charge < -0.3 is 10.1 Å². The maximum absolute atomic E-state index is 12.1. The summed E-state index contributed by atoms with van der Waals surface area (Å²) < 4.78 is 5.26. The van der Waals surface area contributed by atoms with Gasteiger partial charge in [-0.15, -0.1) is 0 Å². The van der Waals surface area contributed by atoms with E-state index >= 15 is 0 Å². The van der Waals surface area contributed by atoms with Crippen molar-refractivity contribution in [2.45, 2.75) is 39.7 Å². The van der Waals surface area contributed by atoms with E-state index in [2.05, 4.69) is 29.3 Å². The number of amides is 1. The molecule has 0 aromatic heterocycles. The summed E-state index contributed by atoms with van der Waals surface area (Å²) in [4.78, 5) is 14.6. The lowest BCUT2D eigenvalue weighted by Gasteiger charge is -2.30. The second-order valence-corrected chi connectivity index (χ2v) is 6.49. The fraction of sp³-hybridized carbons (Fsp3) is 0.632. The predicted octanol–water partition coefficient (Wildman–Crippen LogP) is 3.07. The predicted molar refractivity (Wildman–Crippen MR) is 93.6 cm³/mol. The molecule has 1 atom stereocenters. The molecule has 1 aromatic rings. The Balaban J connectivity index is 1.76. The molecule has 1 fully saturated rings. The molecule has 0 aliphatic carbocycles. The van der Waals surface area contributed by atoms with Gasteiger partial charge in [0.05, 0.1) is 0 Å². The number of nitrogens with one attached hydrogen (secondary N) is 1. The summed E-state index contributed by atoms with van der Waals surface area (Å²) in [5.74, 6) is 0.796. The topological polar surface area (TPSA) is 41.6 Å². The van der Waals surface area contributed by atoms with Crippen LogP contribution in [0.3, 0.4) is 0 Å². The number of carbonyl (C=O) groups excluding carboxylic acids is 1. The van der Waals surface area contributed by atoms with Crippen LogP contribution >= 0.6 is 0 Å². The molecule has 4 nitrogen and oxygen atoms in total. The summed E-state index contributed by atoms with van der Waals surface area (Å²) in [7, 11) is 0. The summed E-state index contributed by atoms with van der Waals surface area (Å²) in [5, 5.41) is 2.94. The minimum atomic E-state index is -0.000330.